The summed E-state index contributed by atoms with van der Waals surface area (Å²) in [6, 6.07) is 0. The first-order valence-corrected chi connectivity index (χ1v) is 5.95. The van der Waals surface area contributed by atoms with Crippen LogP contribution in [-0.4, -0.2) is 19.5 Å². The molecule has 0 heterocycles. The molecule has 0 aromatic heterocycles. The van der Waals surface area contributed by atoms with E-state index in [9.17, 15) is 4.57 Å². The molecule has 0 aromatic rings. The summed E-state index contributed by atoms with van der Waals surface area (Å²) in [7, 11) is -1.69. The van der Waals surface area contributed by atoms with E-state index in [4.69, 9.17) is 9.05 Å². The molecule has 0 spiro atoms. The Morgan fingerprint density at radius 3 is 2.36 bits per heavy atom. The third-order valence-corrected chi connectivity index (χ3v) is 3.60. The fourth-order valence-corrected chi connectivity index (χ4v) is 2.50. The summed E-state index contributed by atoms with van der Waals surface area (Å²) in [5.74, 6) is 0. The molecule has 68 valence electrons. The summed E-state index contributed by atoms with van der Waals surface area (Å²) in [5, 5.41) is 0. The van der Waals surface area contributed by atoms with Gasteiger partial charge in [-0.05, 0) is 20.1 Å². The van der Waals surface area contributed by atoms with Crippen molar-refractivity contribution in [1.82, 2.24) is 4.49 Å². The smallest absolute Gasteiger partial charge is 0.300 e. The molecule has 0 bridgehead atoms. The first kappa shape index (κ1) is 11.5. The number of nitrogens with one attached hydrogen (secondary N) is 1. The lowest BCUT2D eigenvalue weighted by Crippen LogP contribution is -2.10. The van der Waals surface area contributed by atoms with Gasteiger partial charge in [-0.2, -0.15) is 4.49 Å². The Labute approximate surface area is 71.8 Å². The maximum atomic E-state index is 11.4. The molecular weight excluding hydrogens is 185 g/mol. The fourth-order valence-electron chi connectivity index (χ4n) is 0.491. The summed E-state index contributed by atoms with van der Waals surface area (Å²) in [4.78, 5) is 0. The highest BCUT2D eigenvalue weighted by molar-refractivity contribution is 8.01. The van der Waals surface area contributed by atoms with Gasteiger partial charge in [-0.25, -0.2) is 4.57 Å². The van der Waals surface area contributed by atoms with E-state index < -0.39 is 7.75 Å². The van der Waals surface area contributed by atoms with Crippen molar-refractivity contribution < 1.29 is 13.6 Å². The Morgan fingerprint density at radius 1 is 1.55 bits per heavy atom. The van der Waals surface area contributed by atoms with Crippen LogP contribution in [0.25, 0.3) is 0 Å². The van der Waals surface area contributed by atoms with Gasteiger partial charge in [0.2, 0.25) is 0 Å². The average molecular weight is 199 g/mol. The van der Waals surface area contributed by atoms with Crippen molar-refractivity contribution in [2.45, 2.75) is 20.0 Å². The van der Waals surface area contributed by atoms with Crippen LogP contribution in [0.2, 0.25) is 0 Å². The lowest BCUT2D eigenvalue weighted by Gasteiger charge is -2.17. The van der Waals surface area contributed by atoms with Crippen LogP contribution in [0.4, 0.5) is 0 Å². The van der Waals surface area contributed by atoms with Crippen molar-refractivity contribution in [3.8, 4) is 0 Å². The SMILES string of the molecule is COP(=O)(NSC)OC(C)C. The van der Waals surface area contributed by atoms with Gasteiger partial charge in [0.05, 0.1) is 6.10 Å². The molecule has 6 heteroatoms. The lowest BCUT2D eigenvalue weighted by atomic mass is 10.5. The van der Waals surface area contributed by atoms with E-state index in [2.05, 4.69) is 4.49 Å². The van der Waals surface area contributed by atoms with Gasteiger partial charge in [0.15, 0.2) is 0 Å². The van der Waals surface area contributed by atoms with E-state index in [1.54, 1.807) is 20.1 Å². The molecule has 0 amide bonds. The molecule has 0 aliphatic rings. The Kier molecular flexibility index (Phi) is 5.38. The molecule has 0 aromatic carbocycles. The zero-order chi connectivity index (χ0) is 8.91. The zero-order valence-electron chi connectivity index (χ0n) is 7.16. The minimum absolute atomic E-state index is 0.111. The van der Waals surface area contributed by atoms with Crippen LogP contribution in [0.15, 0.2) is 0 Å². The third kappa shape index (κ3) is 4.82. The number of hydrogen-bond acceptors (Lipinski definition) is 4. The van der Waals surface area contributed by atoms with Crippen LogP contribution >= 0.6 is 19.7 Å². The Morgan fingerprint density at radius 2 is 2.09 bits per heavy atom. The highest BCUT2D eigenvalue weighted by atomic mass is 32.2. The zero-order valence-corrected chi connectivity index (χ0v) is 8.87. The van der Waals surface area contributed by atoms with Crippen LogP contribution in [0.5, 0.6) is 0 Å². The van der Waals surface area contributed by atoms with Crippen LogP contribution in [-0.2, 0) is 13.6 Å². The Hall–Kier alpha value is 0.460. The highest BCUT2D eigenvalue weighted by Gasteiger charge is 2.23. The lowest BCUT2D eigenvalue weighted by molar-refractivity contribution is 0.185. The molecule has 0 aliphatic heterocycles. The minimum Gasteiger partial charge on any atom is -0.300 e. The van der Waals surface area contributed by atoms with Crippen LogP contribution in [0.1, 0.15) is 13.8 Å². The normalized spacial score (nSPS) is 16.8. The second kappa shape index (κ2) is 5.17. The number of hydrogen-bond donors (Lipinski definition) is 1. The number of rotatable bonds is 5. The quantitative estimate of drug-likeness (QED) is 0.542. The maximum Gasteiger partial charge on any atom is 0.415 e. The van der Waals surface area contributed by atoms with Crippen LogP contribution in [0, 0.1) is 0 Å². The van der Waals surface area contributed by atoms with Gasteiger partial charge in [-0.15, -0.1) is 0 Å². The summed E-state index contributed by atoms with van der Waals surface area (Å²) in [6.07, 6.45) is 1.65. The molecule has 0 fully saturated rings. The second-order valence-corrected chi connectivity index (χ2v) is 4.84. The first-order valence-electron chi connectivity index (χ1n) is 3.18. The third-order valence-electron chi connectivity index (χ3n) is 0.793. The molecular formula is C5H14NO3PS. The molecule has 0 saturated carbocycles. The van der Waals surface area contributed by atoms with Gasteiger partial charge in [0, 0.05) is 7.11 Å². The molecule has 11 heavy (non-hydrogen) atoms. The van der Waals surface area contributed by atoms with Gasteiger partial charge < -0.3 is 0 Å². The van der Waals surface area contributed by atoms with Crippen molar-refractivity contribution in [3.05, 3.63) is 0 Å². The predicted molar refractivity (Wildman–Crippen MR) is 47.5 cm³/mol. The van der Waals surface area contributed by atoms with Crippen LogP contribution in [0.3, 0.4) is 0 Å². The van der Waals surface area contributed by atoms with Gasteiger partial charge in [-0.1, -0.05) is 11.9 Å². The van der Waals surface area contributed by atoms with E-state index >= 15 is 0 Å². The molecule has 0 radical (unpaired) electrons. The Balaban J connectivity index is 4.00. The van der Waals surface area contributed by atoms with Crippen LogP contribution < -0.4 is 4.49 Å². The van der Waals surface area contributed by atoms with Gasteiger partial charge in [0.1, 0.15) is 0 Å². The second-order valence-electron chi connectivity index (χ2n) is 2.13. The molecule has 0 rings (SSSR count). The molecule has 0 saturated heterocycles. The highest BCUT2D eigenvalue weighted by Crippen LogP contribution is 2.45. The van der Waals surface area contributed by atoms with E-state index in [1.165, 1.54) is 19.1 Å². The van der Waals surface area contributed by atoms with Crippen molar-refractivity contribution in [2.75, 3.05) is 13.4 Å². The van der Waals surface area contributed by atoms with E-state index in [0.29, 0.717) is 0 Å². The fraction of sp³-hybridized carbons (Fsp3) is 1.00. The summed E-state index contributed by atoms with van der Waals surface area (Å²) < 4.78 is 23.7. The van der Waals surface area contributed by atoms with E-state index in [0.717, 1.165) is 0 Å². The monoisotopic (exact) mass is 199 g/mol. The van der Waals surface area contributed by atoms with Crippen molar-refractivity contribution in [3.63, 3.8) is 0 Å². The molecule has 1 atom stereocenters. The molecule has 0 aliphatic carbocycles. The van der Waals surface area contributed by atoms with Crippen molar-refractivity contribution >= 4 is 19.7 Å². The first-order chi connectivity index (χ1) is 5.04. The standard InChI is InChI=1S/C5H14NO3PS/c1-5(2)9-10(7,8-3)6-11-4/h5H,1-4H3,(H,6,7). The topological polar surface area (TPSA) is 47.6 Å². The summed E-state index contributed by atoms with van der Waals surface area (Å²) in [5.41, 5.74) is 0. The molecule has 1 unspecified atom stereocenters. The molecule has 4 nitrogen and oxygen atoms in total. The van der Waals surface area contributed by atoms with E-state index in [1.807, 2.05) is 0 Å². The van der Waals surface area contributed by atoms with Gasteiger partial charge in [-0.3, -0.25) is 9.05 Å². The maximum absolute atomic E-state index is 11.4. The van der Waals surface area contributed by atoms with Crippen molar-refractivity contribution in [2.24, 2.45) is 0 Å². The van der Waals surface area contributed by atoms with Gasteiger partial charge >= 0.3 is 7.75 Å². The van der Waals surface area contributed by atoms with E-state index in [-0.39, 0.29) is 6.10 Å². The average Bonchev–Trinajstić information content (AvgIpc) is 1.87. The summed E-state index contributed by atoms with van der Waals surface area (Å²) in [6.45, 7) is 3.60. The Bertz CT molecular complexity index is 153. The predicted octanol–water partition coefficient (Wildman–Crippen LogP) is 2.03. The molecule has 1 N–H and O–H groups in total. The van der Waals surface area contributed by atoms with Crippen molar-refractivity contribution in [1.29, 1.82) is 0 Å². The summed E-state index contributed by atoms with van der Waals surface area (Å²) >= 11 is 1.21. The minimum atomic E-state index is -3.04. The largest absolute Gasteiger partial charge is 0.415 e. The van der Waals surface area contributed by atoms with Gasteiger partial charge in [0.25, 0.3) is 0 Å².